The van der Waals surface area contributed by atoms with Crippen LogP contribution in [-0.2, 0) is 18.1 Å². The fourth-order valence-corrected chi connectivity index (χ4v) is 0. The van der Waals surface area contributed by atoms with Gasteiger partial charge < -0.3 is 0 Å². The molecule has 0 bridgehead atoms. The third-order valence-corrected chi connectivity index (χ3v) is 0. The quantitative estimate of drug-likeness (QED) is 0.457. The normalized spacial score (nSPS) is 4.67. The first-order valence-corrected chi connectivity index (χ1v) is 6.09. The van der Waals surface area contributed by atoms with E-state index in [1.54, 1.807) is 0 Å². The van der Waals surface area contributed by atoms with Gasteiger partial charge in [-0.05, 0) is 0 Å². The van der Waals surface area contributed by atoms with Crippen LogP contribution >= 0.6 is 0 Å². The van der Waals surface area contributed by atoms with Crippen molar-refractivity contribution in [1.29, 1.82) is 0 Å². The van der Waals surface area contributed by atoms with Gasteiger partial charge in [0.25, 0.3) is 0 Å². The van der Waals surface area contributed by atoms with E-state index < -0.39 is 43.6 Å². The first-order chi connectivity index (χ1) is 2.83. The van der Waals surface area contributed by atoms with Crippen molar-refractivity contribution in [1.82, 2.24) is 0 Å². The second kappa shape index (κ2) is 16.3. The van der Waals surface area contributed by atoms with Gasteiger partial charge in [0.15, 0.2) is 0 Å². The molecule has 0 heterocycles. The van der Waals surface area contributed by atoms with Crippen LogP contribution in [0, 0.1) is 0 Å². The van der Waals surface area contributed by atoms with E-state index in [1.807, 2.05) is 0 Å². The van der Waals surface area contributed by atoms with Crippen molar-refractivity contribution < 1.29 is 29.8 Å². The van der Waals surface area contributed by atoms with Gasteiger partial charge in [0.05, 0.1) is 0 Å². The van der Waals surface area contributed by atoms with Gasteiger partial charge in [-0.1, -0.05) is 0 Å². The molecule has 0 aliphatic carbocycles. The maximum absolute atomic E-state index is 9.82. The number of halogens is 4. The van der Waals surface area contributed by atoms with Gasteiger partial charge in [-0.3, -0.25) is 0 Å². The van der Waals surface area contributed by atoms with Crippen LogP contribution in [0.3, 0.4) is 0 Å². The molecule has 6 heavy (non-hydrogen) atoms. The Balaban J connectivity index is 0. The maximum atomic E-state index is 9.82. The van der Waals surface area contributed by atoms with E-state index in [1.165, 1.54) is 0 Å². The van der Waals surface area contributed by atoms with Crippen LogP contribution in [0.4, 0.5) is 11.7 Å². The molecule has 0 aromatic heterocycles. The Morgan fingerprint density at radius 1 is 1.17 bits per heavy atom. The fourth-order valence-electron chi connectivity index (χ4n) is 0. The van der Waals surface area contributed by atoms with Crippen LogP contribution in [0.15, 0.2) is 0 Å². The molecule has 0 nitrogen and oxygen atoms in total. The molecule has 2 radical (unpaired) electrons. The van der Waals surface area contributed by atoms with Gasteiger partial charge in [0.2, 0.25) is 0 Å². The monoisotopic (exact) mass is 348 g/mol. The summed E-state index contributed by atoms with van der Waals surface area (Å²) in [6.07, 6.45) is 0. The standard InChI is InChI=1S/4FH.Pb.Zn/h4*1H;;/q;;;;2*+2/p-4. The second-order valence-electron chi connectivity index (χ2n) is 0.172. The average molecular weight is 349 g/mol. The minimum atomic E-state index is -2.92. The van der Waals surface area contributed by atoms with Crippen molar-refractivity contribution in [3.05, 3.63) is 0 Å². The van der Waals surface area contributed by atoms with Crippen LogP contribution in [0.25, 0.3) is 0 Å². The number of hydrogen-bond acceptors (Lipinski definition) is 0. The second-order valence-corrected chi connectivity index (χ2v) is 1.15. The predicted molar refractivity (Wildman–Crippen MR) is 10.2 cm³/mol. The molecule has 0 atom stereocenters. The van der Waals surface area contributed by atoms with E-state index >= 15 is 0 Å². The van der Waals surface area contributed by atoms with E-state index in [0.717, 1.165) is 0 Å². The summed E-state index contributed by atoms with van der Waals surface area (Å²) in [5.74, 6) is 0. The fraction of sp³-hybridized carbons (Fsp3) is 0. The summed E-state index contributed by atoms with van der Waals surface area (Å²) in [5.41, 5.74) is 0. The molecular weight excluding hydrogens is 349 g/mol. The molecule has 0 spiro atoms. The van der Waals surface area contributed by atoms with Gasteiger partial charge in [0.1, 0.15) is 0 Å². The zero-order chi connectivity index (χ0) is 5.41. The molecular formula is F4PbZn. The molecule has 0 aromatic rings. The van der Waals surface area contributed by atoms with E-state index in [9.17, 15) is 11.7 Å². The van der Waals surface area contributed by atoms with E-state index in [2.05, 4.69) is 0 Å². The molecule has 34 valence electrons. The molecule has 0 amide bonds. The molecule has 0 saturated carbocycles. The SMILES string of the molecule is [F][Pb][F].[F][Zn][F]. The molecule has 0 unspecified atom stereocenters. The number of rotatable bonds is 0. The summed E-state index contributed by atoms with van der Waals surface area (Å²) in [5, 5.41) is 0. The molecule has 0 aliphatic rings. The molecule has 0 saturated heterocycles. The summed E-state index contributed by atoms with van der Waals surface area (Å²) in [4.78, 5) is 0. The Kier molecular flexibility index (Phi) is 27.9. The minimum absolute atomic E-state index is 2.88. The van der Waals surface area contributed by atoms with Crippen molar-refractivity contribution in [2.75, 3.05) is 0 Å². The average Bonchev–Trinajstić information content (AvgIpc) is 1.39. The topological polar surface area (TPSA) is 0 Å². The van der Waals surface area contributed by atoms with Gasteiger partial charge in [-0.15, -0.1) is 0 Å². The predicted octanol–water partition coefficient (Wildman–Crippen LogP) is 1.30. The zero-order valence-corrected chi connectivity index (χ0v) is 9.57. The summed E-state index contributed by atoms with van der Waals surface area (Å²) >= 11 is -5.79. The van der Waals surface area contributed by atoms with Crippen LogP contribution in [0.1, 0.15) is 0 Å². The van der Waals surface area contributed by atoms with Gasteiger partial charge in [0, 0.05) is 0 Å². The molecule has 0 aliphatic heterocycles. The first-order valence-electron chi connectivity index (χ1n) is 0.912. The van der Waals surface area contributed by atoms with Gasteiger partial charge in [-0.2, -0.15) is 0 Å². The molecule has 0 N–H and O–H groups in total. The van der Waals surface area contributed by atoms with Crippen molar-refractivity contribution >= 4 is 25.5 Å². The summed E-state index contributed by atoms with van der Waals surface area (Å²) in [6.45, 7) is 0. The zero-order valence-electron chi connectivity index (χ0n) is 2.72. The third kappa shape index (κ3) is 59.8. The van der Waals surface area contributed by atoms with Crippen molar-refractivity contribution in [2.45, 2.75) is 0 Å². The Morgan fingerprint density at radius 2 is 1.17 bits per heavy atom. The Labute approximate surface area is 55.1 Å². The van der Waals surface area contributed by atoms with Crippen LogP contribution < -0.4 is 0 Å². The van der Waals surface area contributed by atoms with Crippen molar-refractivity contribution in [3.8, 4) is 0 Å². The van der Waals surface area contributed by atoms with Crippen molar-refractivity contribution in [3.63, 3.8) is 0 Å². The van der Waals surface area contributed by atoms with E-state index in [0.29, 0.717) is 0 Å². The van der Waals surface area contributed by atoms with Crippen LogP contribution in [0.5, 0.6) is 0 Å². The molecule has 0 aromatic carbocycles. The molecule has 6 heteroatoms. The van der Waals surface area contributed by atoms with E-state index in [-0.39, 0.29) is 0 Å². The summed E-state index contributed by atoms with van der Waals surface area (Å²) in [7, 11) is 0. The summed E-state index contributed by atoms with van der Waals surface area (Å²) in [6, 6.07) is 0. The van der Waals surface area contributed by atoms with Crippen molar-refractivity contribution in [2.24, 2.45) is 0 Å². The third-order valence-electron chi connectivity index (χ3n) is 0. The van der Waals surface area contributed by atoms with Crippen LogP contribution in [-0.4, -0.2) is 25.5 Å². The van der Waals surface area contributed by atoms with Gasteiger partial charge in [-0.25, -0.2) is 0 Å². The van der Waals surface area contributed by atoms with E-state index in [4.69, 9.17) is 0 Å². The van der Waals surface area contributed by atoms with Crippen LogP contribution in [0.2, 0.25) is 0 Å². The molecule has 0 fully saturated rings. The Hall–Kier alpha value is 1.27. The Bertz CT molecular complexity index is 9.51. The molecule has 0 rings (SSSR count). The summed E-state index contributed by atoms with van der Waals surface area (Å²) < 4.78 is 39.3. The first kappa shape index (κ1) is 10.3. The van der Waals surface area contributed by atoms with Gasteiger partial charge >= 0.3 is 55.3 Å². The Morgan fingerprint density at radius 3 is 1.17 bits per heavy atom. The number of hydrogen-bond donors (Lipinski definition) is 0.